The third-order valence-electron chi connectivity index (χ3n) is 1.08. The largest absolute Gasteiger partial charge is 0.468 e. The van der Waals surface area contributed by atoms with Gasteiger partial charge in [-0.2, -0.15) is 0 Å². The van der Waals surface area contributed by atoms with Gasteiger partial charge >= 0.3 is 0 Å². The van der Waals surface area contributed by atoms with Crippen LogP contribution < -0.4 is 0 Å². The van der Waals surface area contributed by atoms with Gasteiger partial charge in [-0.3, -0.25) is 4.79 Å². The van der Waals surface area contributed by atoms with Gasteiger partial charge in [0, 0.05) is 13.2 Å². The average molecular weight is 176 g/mol. The van der Waals surface area contributed by atoms with Gasteiger partial charge in [0.25, 0.3) is 6.47 Å². The van der Waals surface area contributed by atoms with Gasteiger partial charge in [-0.05, 0) is 20.3 Å². The van der Waals surface area contributed by atoms with E-state index in [0.29, 0.717) is 13.1 Å². The second-order valence-corrected chi connectivity index (χ2v) is 2.10. The lowest BCUT2D eigenvalue weighted by Gasteiger charge is -1.94. The number of hydrogen-bond acceptors (Lipinski definition) is 3. The Bertz CT molecular complexity index is 70.2. The van der Waals surface area contributed by atoms with Crippen LogP contribution in [0.4, 0.5) is 0 Å². The smallest absolute Gasteiger partial charge is 0.293 e. The van der Waals surface area contributed by atoms with Crippen LogP contribution in [-0.4, -0.2) is 26.3 Å². The van der Waals surface area contributed by atoms with E-state index in [0.717, 1.165) is 13.2 Å². The molecule has 0 aromatic heterocycles. The second-order valence-electron chi connectivity index (χ2n) is 2.10. The Morgan fingerprint density at radius 2 is 1.83 bits per heavy atom. The molecule has 0 aromatic rings. The maximum Gasteiger partial charge on any atom is 0.293 e. The van der Waals surface area contributed by atoms with Crippen LogP contribution in [0.25, 0.3) is 0 Å². The van der Waals surface area contributed by atoms with E-state index in [4.69, 9.17) is 4.74 Å². The maximum atomic E-state index is 9.18. The van der Waals surface area contributed by atoms with Crippen LogP contribution in [0.15, 0.2) is 0 Å². The van der Waals surface area contributed by atoms with Gasteiger partial charge in [-0.15, -0.1) is 0 Å². The van der Waals surface area contributed by atoms with Crippen LogP contribution in [0, 0.1) is 0 Å². The fraction of sp³-hybridized carbons (Fsp3) is 0.889. The van der Waals surface area contributed by atoms with Crippen molar-refractivity contribution in [3.8, 4) is 0 Å². The molecule has 0 saturated heterocycles. The molecule has 0 amide bonds. The van der Waals surface area contributed by atoms with Gasteiger partial charge in [-0.1, -0.05) is 13.3 Å². The molecule has 0 radical (unpaired) electrons. The van der Waals surface area contributed by atoms with E-state index in [2.05, 4.69) is 11.7 Å². The van der Waals surface area contributed by atoms with Crippen molar-refractivity contribution in [1.82, 2.24) is 0 Å². The van der Waals surface area contributed by atoms with Gasteiger partial charge in [-0.25, -0.2) is 0 Å². The Labute approximate surface area is 75.1 Å². The van der Waals surface area contributed by atoms with Crippen LogP contribution in [0.1, 0.15) is 33.6 Å². The van der Waals surface area contributed by atoms with E-state index in [1.54, 1.807) is 6.92 Å². The van der Waals surface area contributed by atoms with Gasteiger partial charge in [0.05, 0.1) is 6.61 Å². The highest BCUT2D eigenvalue weighted by molar-refractivity contribution is 5.36. The summed E-state index contributed by atoms with van der Waals surface area (Å²) < 4.78 is 9.23. The zero-order chi connectivity index (χ0) is 9.66. The van der Waals surface area contributed by atoms with Crippen molar-refractivity contribution >= 4 is 6.47 Å². The van der Waals surface area contributed by atoms with Crippen LogP contribution in [-0.2, 0) is 14.3 Å². The predicted octanol–water partition coefficient (Wildman–Crippen LogP) is 2.00. The quantitative estimate of drug-likeness (QED) is 0.458. The van der Waals surface area contributed by atoms with E-state index < -0.39 is 0 Å². The summed E-state index contributed by atoms with van der Waals surface area (Å²) in [5.41, 5.74) is 0. The summed E-state index contributed by atoms with van der Waals surface area (Å²) in [7, 11) is 0. The molecular formula is C9H20O3. The van der Waals surface area contributed by atoms with E-state index >= 15 is 0 Å². The number of rotatable bonds is 6. The standard InChI is InChI=1S/C6H14O.C3H6O2/c1-3-5-6-7-4-2;1-2-5-3-4/h3-6H2,1-2H3;3H,2H2,1H3. The van der Waals surface area contributed by atoms with Gasteiger partial charge < -0.3 is 9.47 Å². The summed E-state index contributed by atoms with van der Waals surface area (Å²) >= 11 is 0. The van der Waals surface area contributed by atoms with E-state index in [-0.39, 0.29) is 0 Å². The van der Waals surface area contributed by atoms with Crippen molar-refractivity contribution in [2.24, 2.45) is 0 Å². The van der Waals surface area contributed by atoms with E-state index in [1.165, 1.54) is 12.8 Å². The van der Waals surface area contributed by atoms with Crippen molar-refractivity contribution in [1.29, 1.82) is 0 Å². The van der Waals surface area contributed by atoms with Gasteiger partial charge in [0.15, 0.2) is 0 Å². The number of unbranched alkanes of at least 4 members (excludes halogenated alkanes) is 1. The summed E-state index contributed by atoms with van der Waals surface area (Å²) in [4.78, 5) is 9.18. The van der Waals surface area contributed by atoms with Crippen molar-refractivity contribution in [2.75, 3.05) is 19.8 Å². The predicted molar refractivity (Wildman–Crippen MR) is 49.1 cm³/mol. The highest BCUT2D eigenvalue weighted by Gasteiger charge is 1.78. The lowest BCUT2D eigenvalue weighted by molar-refractivity contribution is -0.128. The molecule has 0 aliphatic carbocycles. The molecule has 3 heteroatoms. The summed E-state index contributed by atoms with van der Waals surface area (Å²) in [6, 6.07) is 0. The zero-order valence-electron chi connectivity index (χ0n) is 8.34. The highest BCUT2D eigenvalue weighted by Crippen LogP contribution is 1.85. The molecule has 0 rings (SSSR count). The van der Waals surface area contributed by atoms with E-state index in [1.807, 2.05) is 6.92 Å². The molecule has 0 heterocycles. The molecule has 0 spiro atoms. The Hall–Kier alpha value is -0.570. The molecule has 12 heavy (non-hydrogen) atoms. The highest BCUT2D eigenvalue weighted by atomic mass is 16.5. The first-order valence-corrected chi connectivity index (χ1v) is 4.46. The van der Waals surface area contributed by atoms with Crippen LogP contribution in [0.5, 0.6) is 0 Å². The molecule has 0 saturated carbocycles. The van der Waals surface area contributed by atoms with Crippen molar-refractivity contribution in [2.45, 2.75) is 33.6 Å². The fourth-order valence-electron chi connectivity index (χ4n) is 0.459. The monoisotopic (exact) mass is 176 g/mol. The Kier molecular flexibility index (Phi) is 19.6. The fourth-order valence-corrected chi connectivity index (χ4v) is 0.459. The Morgan fingerprint density at radius 3 is 2.08 bits per heavy atom. The minimum absolute atomic E-state index is 0.431. The normalized spacial score (nSPS) is 8.25. The second kappa shape index (κ2) is 16.8. The summed E-state index contributed by atoms with van der Waals surface area (Å²) in [5.74, 6) is 0. The molecule has 0 aliphatic rings. The molecule has 0 fully saturated rings. The topological polar surface area (TPSA) is 35.5 Å². The molecule has 0 N–H and O–H groups in total. The first-order chi connectivity index (χ1) is 5.83. The third kappa shape index (κ3) is 22.7. The minimum atomic E-state index is 0.431. The lowest BCUT2D eigenvalue weighted by atomic mass is 10.4. The third-order valence-corrected chi connectivity index (χ3v) is 1.08. The Balaban J connectivity index is 0. The first kappa shape index (κ1) is 14.0. The molecule has 0 atom stereocenters. The van der Waals surface area contributed by atoms with Crippen molar-refractivity contribution in [3.05, 3.63) is 0 Å². The summed E-state index contributed by atoms with van der Waals surface area (Å²) in [6.45, 7) is 8.65. The van der Waals surface area contributed by atoms with Crippen LogP contribution >= 0.6 is 0 Å². The molecule has 0 aromatic carbocycles. The molecule has 0 unspecified atom stereocenters. The summed E-state index contributed by atoms with van der Waals surface area (Å²) in [5, 5.41) is 0. The van der Waals surface area contributed by atoms with Crippen LogP contribution in [0.3, 0.4) is 0 Å². The Morgan fingerprint density at radius 1 is 1.17 bits per heavy atom. The molecular weight excluding hydrogens is 156 g/mol. The van der Waals surface area contributed by atoms with Crippen molar-refractivity contribution in [3.63, 3.8) is 0 Å². The molecule has 74 valence electrons. The first-order valence-electron chi connectivity index (χ1n) is 4.46. The number of ether oxygens (including phenoxy) is 2. The molecule has 0 bridgehead atoms. The average Bonchev–Trinajstić information content (AvgIpc) is 2.08. The zero-order valence-corrected chi connectivity index (χ0v) is 8.34. The van der Waals surface area contributed by atoms with Gasteiger partial charge in [0.1, 0.15) is 0 Å². The summed E-state index contributed by atoms with van der Waals surface area (Å²) in [6.07, 6.45) is 2.44. The maximum absolute atomic E-state index is 9.18. The van der Waals surface area contributed by atoms with Crippen molar-refractivity contribution < 1.29 is 14.3 Å². The number of carbonyl (C=O) groups excluding carboxylic acids is 1. The van der Waals surface area contributed by atoms with Crippen LogP contribution in [0.2, 0.25) is 0 Å². The lowest BCUT2D eigenvalue weighted by Crippen LogP contribution is -1.90. The van der Waals surface area contributed by atoms with E-state index in [9.17, 15) is 4.79 Å². The molecule has 0 aliphatic heterocycles. The van der Waals surface area contributed by atoms with Gasteiger partial charge in [0.2, 0.25) is 0 Å². The number of carbonyl (C=O) groups is 1. The molecule has 3 nitrogen and oxygen atoms in total. The SMILES string of the molecule is CCCCOCC.CCOC=O. The number of hydrogen-bond donors (Lipinski definition) is 0. The minimum Gasteiger partial charge on any atom is -0.468 e.